The van der Waals surface area contributed by atoms with Crippen molar-refractivity contribution >= 4 is 22.0 Å². The van der Waals surface area contributed by atoms with Gasteiger partial charge in [-0.2, -0.15) is 13.2 Å². The van der Waals surface area contributed by atoms with E-state index in [2.05, 4.69) is 57.2 Å². The van der Waals surface area contributed by atoms with Crippen molar-refractivity contribution in [2.75, 3.05) is 26.7 Å². The monoisotopic (exact) mass is 515 g/mol. The summed E-state index contributed by atoms with van der Waals surface area (Å²) in [7, 11) is 1.69. The molecule has 0 radical (unpaired) electrons. The highest BCUT2D eigenvalue weighted by atomic mass is 79.9. The predicted octanol–water partition coefficient (Wildman–Crippen LogP) is 7.18. The number of hydrogen-bond acceptors (Lipinski definition) is 2. The van der Waals surface area contributed by atoms with Gasteiger partial charge in [0.05, 0.1) is 12.7 Å². The molecule has 0 bridgehead atoms. The Morgan fingerprint density at radius 1 is 1.03 bits per heavy atom. The van der Waals surface area contributed by atoms with Gasteiger partial charge in [-0.15, -0.1) is 0 Å². The first-order valence-electron chi connectivity index (χ1n) is 10.8. The van der Waals surface area contributed by atoms with Gasteiger partial charge in [-0.3, -0.25) is 4.90 Å². The highest BCUT2D eigenvalue weighted by Crippen LogP contribution is 2.34. The van der Waals surface area contributed by atoms with E-state index in [4.69, 9.17) is 4.74 Å². The molecular formula is C27H25BrF3NO. The number of benzene rings is 3. The Hall–Kier alpha value is -2.57. The lowest BCUT2D eigenvalue weighted by atomic mass is 9.88. The molecule has 172 valence electrons. The van der Waals surface area contributed by atoms with Crippen LogP contribution < -0.4 is 4.74 Å². The molecule has 3 aromatic rings. The van der Waals surface area contributed by atoms with Gasteiger partial charge in [0, 0.05) is 30.0 Å². The summed E-state index contributed by atoms with van der Waals surface area (Å²) in [6.07, 6.45) is 0.530. The van der Waals surface area contributed by atoms with Crippen molar-refractivity contribution in [3.05, 3.63) is 105 Å². The number of hydrogen-bond donors (Lipinski definition) is 0. The molecule has 0 amide bonds. The maximum atomic E-state index is 12.8. The number of halogens is 4. The third-order valence-corrected chi connectivity index (χ3v) is 6.58. The summed E-state index contributed by atoms with van der Waals surface area (Å²) in [5.41, 5.74) is 3.98. The van der Waals surface area contributed by atoms with Crippen molar-refractivity contribution < 1.29 is 17.9 Å². The summed E-state index contributed by atoms with van der Waals surface area (Å²) in [4.78, 5) is 2.39. The second kappa shape index (κ2) is 10.1. The van der Waals surface area contributed by atoms with Crippen LogP contribution in [0.3, 0.4) is 0 Å². The Balaban J connectivity index is 1.53. The molecule has 2 nitrogen and oxygen atoms in total. The summed E-state index contributed by atoms with van der Waals surface area (Å²) in [6, 6.07) is 20.0. The first kappa shape index (κ1) is 23.6. The second-order valence-corrected chi connectivity index (χ2v) is 9.12. The fourth-order valence-electron chi connectivity index (χ4n) is 4.25. The van der Waals surface area contributed by atoms with Crippen molar-refractivity contribution in [3.63, 3.8) is 0 Å². The quantitative estimate of drug-likeness (QED) is 0.356. The molecule has 0 saturated carbocycles. The molecule has 0 fully saturated rings. The average Bonchev–Trinajstić information content (AvgIpc) is 2.98. The van der Waals surface area contributed by atoms with Crippen molar-refractivity contribution in [1.29, 1.82) is 0 Å². The summed E-state index contributed by atoms with van der Waals surface area (Å²) < 4.78 is 44.9. The van der Waals surface area contributed by atoms with Gasteiger partial charge in [-0.25, -0.2) is 0 Å². The molecule has 33 heavy (non-hydrogen) atoms. The van der Waals surface area contributed by atoms with Crippen LogP contribution in [0.25, 0.3) is 6.08 Å². The van der Waals surface area contributed by atoms with E-state index in [1.807, 2.05) is 18.2 Å². The molecule has 1 atom stereocenters. The van der Waals surface area contributed by atoms with Gasteiger partial charge >= 0.3 is 6.18 Å². The first-order chi connectivity index (χ1) is 15.8. The summed E-state index contributed by atoms with van der Waals surface area (Å²) in [6.45, 7) is 2.47. The van der Waals surface area contributed by atoms with Crippen molar-refractivity contribution in [2.45, 2.75) is 18.5 Å². The lowest BCUT2D eigenvalue weighted by Crippen LogP contribution is -2.29. The highest BCUT2D eigenvalue weighted by Gasteiger charge is 2.30. The van der Waals surface area contributed by atoms with E-state index >= 15 is 0 Å². The number of ether oxygens (including phenoxy) is 1. The van der Waals surface area contributed by atoms with Crippen LogP contribution in [-0.4, -0.2) is 31.6 Å². The minimum atomic E-state index is -4.31. The van der Waals surface area contributed by atoms with Crippen LogP contribution in [0.1, 0.15) is 33.7 Å². The summed E-state index contributed by atoms with van der Waals surface area (Å²) in [5, 5.41) is 0. The van der Waals surface area contributed by atoms with Gasteiger partial charge in [0.25, 0.3) is 0 Å². The van der Waals surface area contributed by atoms with Crippen LogP contribution in [-0.2, 0) is 12.6 Å². The van der Waals surface area contributed by atoms with E-state index in [1.54, 1.807) is 7.11 Å². The van der Waals surface area contributed by atoms with E-state index in [0.717, 1.165) is 54.0 Å². The third kappa shape index (κ3) is 5.87. The average molecular weight is 516 g/mol. The van der Waals surface area contributed by atoms with Crippen LogP contribution in [0.15, 0.2) is 77.3 Å². The van der Waals surface area contributed by atoms with E-state index in [0.29, 0.717) is 0 Å². The number of methoxy groups -OCH3 is 1. The molecule has 1 aliphatic heterocycles. The third-order valence-electron chi connectivity index (χ3n) is 6.05. The SMILES string of the molecule is COc1ccc2c(c1)C(c1ccc(Br)cc1)CN(CC=Cc1ccc(C(F)(F)F)cc1)CC2. The molecule has 1 heterocycles. The lowest BCUT2D eigenvalue weighted by molar-refractivity contribution is -0.137. The van der Waals surface area contributed by atoms with Crippen molar-refractivity contribution in [1.82, 2.24) is 4.90 Å². The number of rotatable bonds is 5. The highest BCUT2D eigenvalue weighted by molar-refractivity contribution is 9.10. The first-order valence-corrected chi connectivity index (χ1v) is 11.6. The molecule has 6 heteroatoms. The Kier molecular flexibility index (Phi) is 7.25. The fraction of sp³-hybridized carbons (Fsp3) is 0.259. The molecule has 4 rings (SSSR count). The molecule has 1 aliphatic rings. The van der Waals surface area contributed by atoms with Gasteiger partial charge in [0.2, 0.25) is 0 Å². The lowest BCUT2D eigenvalue weighted by Gasteiger charge is -2.24. The molecule has 0 aliphatic carbocycles. The van der Waals surface area contributed by atoms with E-state index in [1.165, 1.54) is 28.8 Å². The Labute approximate surface area is 200 Å². The minimum Gasteiger partial charge on any atom is -0.497 e. The van der Waals surface area contributed by atoms with E-state index < -0.39 is 11.7 Å². The van der Waals surface area contributed by atoms with Crippen molar-refractivity contribution in [3.8, 4) is 5.75 Å². The molecular weight excluding hydrogens is 491 g/mol. The predicted molar refractivity (Wildman–Crippen MR) is 130 cm³/mol. The van der Waals surface area contributed by atoms with Gasteiger partial charge < -0.3 is 4.74 Å². The molecule has 0 saturated heterocycles. The number of nitrogens with zero attached hydrogens (tertiary/aromatic N) is 1. The molecule has 0 spiro atoms. The van der Waals surface area contributed by atoms with E-state index in [-0.39, 0.29) is 5.92 Å². The normalized spacial score (nSPS) is 17.1. The zero-order valence-electron chi connectivity index (χ0n) is 18.3. The maximum Gasteiger partial charge on any atom is 0.416 e. The molecule has 0 N–H and O–H groups in total. The van der Waals surface area contributed by atoms with Gasteiger partial charge in [-0.1, -0.05) is 58.4 Å². The van der Waals surface area contributed by atoms with E-state index in [9.17, 15) is 13.2 Å². The molecule has 3 aromatic carbocycles. The topological polar surface area (TPSA) is 12.5 Å². The Bertz CT molecular complexity index is 1110. The van der Waals surface area contributed by atoms with Crippen LogP contribution in [0.2, 0.25) is 0 Å². The fourth-order valence-corrected chi connectivity index (χ4v) is 4.51. The summed E-state index contributed by atoms with van der Waals surface area (Å²) in [5.74, 6) is 1.05. The Morgan fingerprint density at radius 2 is 1.76 bits per heavy atom. The smallest absolute Gasteiger partial charge is 0.416 e. The van der Waals surface area contributed by atoms with Crippen LogP contribution in [0, 0.1) is 0 Å². The zero-order valence-corrected chi connectivity index (χ0v) is 19.9. The molecule has 0 aromatic heterocycles. The van der Waals surface area contributed by atoms with Crippen LogP contribution in [0.4, 0.5) is 13.2 Å². The number of alkyl halides is 3. The maximum absolute atomic E-state index is 12.8. The van der Waals surface area contributed by atoms with Gasteiger partial charge in [0.1, 0.15) is 5.75 Å². The van der Waals surface area contributed by atoms with Gasteiger partial charge in [-0.05, 0) is 65.1 Å². The Morgan fingerprint density at radius 3 is 2.42 bits per heavy atom. The van der Waals surface area contributed by atoms with Crippen molar-refractivity contribution in [2.24, 2.45) is 0 Å². The number of fused-ring (bicyclic) bond motifs is 1. The zero-order chi connectivity index (χ0) is 23.4. The molecule has 1 unspecified atom stereocenters. The van der Waals surface area contributed by atoms with Gasteiger partial charge in [0.15, 0.2) is 0 Å². The second-order valence-electron chi connectivity index (χ2n) is 8.20. The standard InChI is InChI=1S/C27H25BrF3NO/c1-33-24-13-8-21-14-16-32(15-2-3-19-4-9-22(10-5-19)27(29,30)31)18-26(25(21)17-24)20-6-11-23(28)12-7-20/h2-13,17,26H,14-16,18H2,1H3. The summed E-state index contributed by atoms with van der Waals surface area (Å²) >= 11 is 3.52. The minimum absolute atomic E-state index is 0.199. The largest absolute Gasteiger partial charge is 0.497 e. The van der Waals surface area contributed by atoms with Crippen LogP contribution >= 0.6 is 15.9 Å². The van der Waals surface area contributed by atoms with Crippen LogP contribution in [0.5, 0.6) is 5.75 Å².